The van der Waals surface area contributed by atoms with Crippen LogP contribution >= 0.6 is 11.8 Å². The number of carbonyl (C=O) groups excluding carboxylic acids is 1. The Hall–Kier alpha value is -3.31. The van der Waals surface area contributed by atoms with Gasteiger partial charge in [0.1, 0.15) is 5.75 Å². The summed E-state index contributed by atoms with van der Waals surface area (Å²) in [5.74, 6) is -0.0447. The fourth-order valence-electron chi connectivity index (χ4n) is 3.90. The maximum absolute atomic E-state index is 13.1. The van der Waals surface area contributed by atoms with Crippen LogP contribution in [0.4, 0.5) is 18.9 Å². The number of H-pyrrole nitrogens is 1. The van der Waals surface area contributed by atoms with E-state index in [0.29, 0.717) is 37.3 Å². The van der Waals surface area contributed by atoms with Crippen LogP contribution in [0.5, 0.6) is 5.75 Å². The second-order valence-electron chi connectivity index (χ2n) is 7.95. The lowest BCUT2D eigenvalue weighted by Gasteiger charge is -2.28. The summed E-state index contributed by atoms with van der Waals surface area (Å²) < 4.78 is 44.8. The molecule has 0 spiro atoms. The highest BCUT2D eigenvalue weighted by atomic mass is 32.2. The lowest BCUT2D eigenvalue weighted by Crippen LogP contribution is -2.35. The Morgan fingerprint density at radius 2 is 1.94 bits per heavy atom. The molecule has 35 heavy (non-hydrogen) atoms. The molecule has 4 rings (SSSR count). The minimum Gasteiger partial charge on any atom is -0.496 e. The molecule has 2 N–H and O–H groups in total. The van der Waals surface area contributed by atoms with Gasteiger partial charge in [0.2, 0.25) is 5.91 Å². The SMILES string of the molecule is COc1ccccc1CN1CCc2nc(SCC(=O)Nc3ccccc3C(F)(F)F)[nH]c(=O)c2C1. The highest BCUT2D eigenvalue weighted by Crippen LogP contribution is 2.34. The van der Waals surface area contributed by atoms with Gasteiger partial charge in [0.15, 0.2) is 5.16 Å². The molecule has 1 amide bonds. The average molecular weight is 505 g/mol. The standard InChI is InChI=1S/C24H23F3N4O3S/c1-34-20-9-5-2-6-15(20)12-31-11-10-18-16(13-31)22(33)30-23(29-18)35-14-21(32)28-19-8-4-3-7-17(19)24(25,26)27/h2-9H,10-14H2,1H3,(H,28,32)(H,29,30,33). The molecule has 1 aromatic heterocycles. The number of hydrogen-bond acceptors (Lipinski definition) is 6. The molecular weight excluding hydrogens is 481 g/mol. The fraction of sp³-hybridized carbons (Fsp3) is 0.292. The number of fused-ring (bicyclic) bond motifs is 1. The molecule has 1 aliphatic rings. The van der Waals surface area contributed by atoms with Crippen LogP contribution in [0.25, 0.3) is 0 Å². The summed E-state index contributed by atoms with van der Waals surface area (Å²) in [5.41, 5.74) is 0.733. The number of rotatable bonds is 7. The van der Waals surface area contributed by atoms with Crippen LogP contribution in [0.1, 0.15) is 22.4 Å². The van der Waals surface area contributed by atoms with Crippen molar-refractivity contribution in [2.75, 3.05) is 24.7 Å². The fourth-order valence-corrected chi connectivity index (χ4v) is 4.58. The van der Waals surface area contributed by atoms with Gasteiger partial charge in [0.25, 0.3) is 5.56 Å². The number of halogens is 3. The predicted octanol–water partition coefficient (Wildman–Crippen LogP) is 4.09. The number of carbonyl (C=O) groups is 1. The van der Waals surface area contributed by atoms with Crippen LogP contribution in [0.3, 0.4) is 0 Å². The van der Waals surface area contributed by atoms with Gasteiger partial charge in [-0.05, 0) is 18.2 Å². The molecule has 3 aromatic rings. The van der Waals surface area contributed by atoms with E-state index < -0.39 is 17.6 Å². The van der Waals surface area contributed by atoms with Crippen LogP contribution in [0, 0.1) is 0 Å². The monoisotopic (exact) mass is 504 g/mol. The van der Waals surface area contributed by atoms with Gasteiger partial charge in [0.05, 0.1) is 35.4 Å². The minimum absolute atomic E-state index is 0.201. The number of nitrogens with zero attached hydrogens (tertiary/aromatic N) is 2. The van der Waals surface area contributed by atoms with E-state index in [9.17, 15) is 22.8 Å². The Balaban J connectivity index is 1.39. The predicted molar refractivity (Wildman–Crippen MR) is 126 cm³/mol. The van der Waals surface area contributed by atoms with E-state index in [1.165, 1.54) is 18.2 Å². The third-order valence-electron chi connectivity index (χ3n) is 5.56. The Bertz CT molecular complexity index is 1280. The molecule has 7 nitrogen and oxygen atoms in total. The van der Waals surface area contributed by atoms with Gasteiger partial charge in [-0.2, -0.15) is 13.2 Å². The molecule has 0 saturated heterocycles. The van der Waals surface area contributed by atoms with Crippen LogP contribution in [-0.2, 0) is 30.5 Å². The zero-order chi connectivity index (χ0) is 25.0. The minimum atomic E-state index is -4.58. The number of para-hydroxylation sites is 2. The molecule has 0 aliphatic carbocycles. The maximum Gasteiger partial charge on any atom is 0.418 e. The summed E-state index contributed by atoms with van der Waals surface area (Å²) >= 11 is 0.966. The normalized spacial score (nSPS) is 13.8. The third-order valence-corrected chi connectivity index (χ3v) is 6.43. The van der Waals surface area contributed by atoms with Crippen molar-refractivity contribution in [3.05, 3.63) is 81.3 Å². The highest BCUT2D eigenvalue weighted by molar-refractivity contribution is 7.99. The lowest BCUT2D eigenvalue weighted by molar-refractivity contribution is -0.137. The van der Waals surface area contributed by atoms with Gasteiger partial charge >= 0.3 is 6.18 Å². The van der Waals surface area contributed by atoms with Crippen molar-refractivity contribution < 1.29 is 22.7 Å². The number of benzene rings is 2. The van der Waals surface area contributed by atoms with Gasteiger partial charge < -0.3 is 15.0 Å². The van der Waals surface area contributed by atoms with Crippen molar-refractivity contribution in [2.24, 2.45) is 0 Å². The lowest BCUT2D eigenvalue weighted by atomic mass is 10.1. The van der Waals surface area contributed by atoms with Crippen molar-refractivity contribution in [2.45, 2.75) is 30.8 Å². The van der Waals surface area contributed by atoms with Crippen LogP contribution in [0.2, 0.25) is 0 Å². The Labute approximate surface area is 203 Å². The average Bonchev–Trinajstić information content (AvgIpc) is 2.83. The first kappa shape index (κ1) is 24.8. The van der Waals surface area contributed by atoms with E-state index in [-0.39, 0.29) is 22.2 Å². The zero-order valence-electron chi connectivity index (χ0n) is 18.8. The van der Waals surface area contributed by atoms with E-state index >= 15 is 0 Å². The summed E-state index contributed by atoms with van der Waals surface area (Å²) in [4.78, 5) is 34.3. The molecule has 0 saturated carbocycles. The van der Waals surface area contributed by atoms with Gasteiger partial charge in [-0.25, -0.2) is 4.98 Å². The molecule has 0 radical (unpaired) electrons. The quantitative estimate of drug-likeness (QED) is 0.372. The molecule has 1 aliphatic heterocycles. The highest BCUT2D eigenvalue weighted by Gasteiger charge is 2.33. The molecule has 0 unspecified atom stereocenters. The second kappa shape index (κ2) is 10.5. The van der Waals surface area contributed by atoms with Crippen molar-refractivity contribution >= 4 is 23.4 Å². The van der Waals surface area contributed by atoms with E-state index in [2.05, 4.69) is 20.2 Å². The molecule has 11 heteroatoms. The number of aromatic amines is 1. The number of thioether (sulfide) groups is 1. The summed E-state index contributed by atoms with van der Waals surface area (Å²) in [6, 6.07) is 12.5. The zero-order valence-corrected chi connectivity index (χ0v) is 19.6. The van der Waals surface area contributed by atoms with Gasteiger partial charge in [-0.15, -0.1) is 0 Å². The van der Waals surface area contributed by atoms with Crippen molar-refractivity contribution in [1.29, 1.82) is 0 Å². The van der Waals surface area contributed by atoms with Crippen molar-refractivity contribution in [3.63, 3.8) is 0 Å². The number of anilines is 1. The number of hydrogen-bond donors (Lipinski definition) is 2. The molecule has 0 bridgehead atoms. The van der Waals surface area contributed by atoms with Crippen molar-refractivity contribution in [3.8, 4) is 5.75 Å². The van der Waals surface area contributed by atoms with Crippen LogP contribution in [-0.4, -0.2) is 40.2 Å². The number of alkyl halides is 3. The molecular formula is C24H23F3N4O3S. The molecule has 2 aromatic carbocycles. The number of ether oxygens (including phenoxy) is 1. The number of nitrogens with one attached hydrogen (secondary N) is 2. The van der Waals surface area contributed by atoms with Crippen LogP contribution < -0.4 is 15.6 Å². The summed E-state index contributed by atoms with van der Waals surface area (Å²) in [6.07, 6.45) is -4.02. The van der Waals surface area contributed by atoms with E-state index in [1.807, 2.05) is 24.3 Å². The second-order valence-corrected chi connectivity index (χ2v) is 8.91. The summed E-state index contributed by atoms with van der Waals surface area (Å²) in [5, 5.41) is 2.54. The number of aromatic nitrogens is 2. The maximum atomic E-state index is 13.1. The summed E-state index contributed by atoms with van der Waals surface area (Å²) in [6.45, 7) is 1.74. The first-order chi connectivity index (χ1) is 16.7. The van der Waals surface area contributed by atoms with Gasteiger partial charge in [-0.3, -0.25) is 14.5 Å². The summed E-state index contributed by atoms with van der Waals surface area (Å²) in [7, 11) is 1.62. The first-order valence-electron chi connectivity index (χ1n) is 10.8. The topological polar surface area (TPSA) is 87.3 Å². The van der Waals surface area contributed by atoms with Crippen LogP contribution in [0.15, 0.2) is 58.5 Å². The Morgan fingerprint density at radius 1 is 1.20 bits per heavy atom. The number of methoxy groups -OCH3 is 1. The molecule has 0 atom stereocenters. The molecule has 184 valence electrons. The smallest absolute Gasteiger partial charge is 0.418 e. The van der Waals surface area contributed by atoms with E-state index in [4.69, 9.17) is 4.74 Å². The first-order valence-corrected chi connectivity index (χ1v) is 11.8. The van der Waals surface area contributed by atoms with Gasteiger partial charge in [0, 0.05) is 31.6 Å². The molecule has 0 fully saturated rings. The Morgan fingerprint density at radius 3 is 2.71 bits per heavy atom. The largest absolute Gasteiger partial charge is 0.496 e. The van der Waals surface area contributed by atoms with Crippen molar-refractivity contribution in [1.82, 2.24) is 14.9 Å². The molecule has 2 heterocycles. The third kappa shape index (κ3) is 6.04. The van der Waals surface area contributed by atoms with E-state index in [1.54, 1.807) is 7.11 Å². The van der Waals surface area contributed by atoms with Gasteiger partial charge in [-0.1, -0.05) is 42.1 Å². The van der Waals surface area contributed by atoms with E-state index in [0.717, 1.165) is 29.1 Å². The number of amides is 1. The Kier molecular flexibility index (Phi) is 7.46.